The van der Waals surface area contributed by atoms with E-state index in [9.17, 15) is 4.79 Å². The number of carbonyl (C=O) groups is 1. The van der Waals surface area contributed by atoms with Gasteiger partial charge in [0.2, 0.25) is 0 Å². The van der Waals surface area contributed by atoms with Crippen molar-refractivity contribution >= 4 is 29.8 Å². The van der Waals surface area contributed by atoms with Crippen LogP contribution in [0.2, 0.25) is 5.02 Å². The van der Waals surface area contributed by atoms with Gasteiger partial charge in [0.1, 0.15) is 11.8 Å². The first kappa shape index (κ1) is 19.4. The molecular weight excluding hydrogens is 361 g/mol. The number of pyridine rings is 1. The van der Waals surface area contributed by atoms with Gasteiger partial charge in [-0.25, -0.2) is 0 Å². The van der Waals surface area contributed by atoms with Crippen LogP contribution in [0.4, 0.5) is 0 Å². The van der Waals surface area contributed by atoms with Gasteiger partial charge < -0.3 is 10.1 Å². The lowest BCUT2D eigenvalue weighted by Gasteiger charge is -2.24. The van der Waals surface area contributed by atoms with E-state index in [-0.39, 0.29) is 30.7 Å². The molecule has 2 aromatic rings. The second kappa shape index (κ2) is 8.93. The Kier molecular flexibility index (Phi) is 6.91. The number of ketones is 1. The van der Waals surface area contributed by atoms with Crippen molar-refractivity contribution in [1.82, 2.24) is 10.3 Å². The zero-order valence-corrected chi connectivity index (χ0v) is 14.9. The van der Waals surface area contributed by atoms with Crippen molar-refractivity contribution in [2.45, 2.75) is 12.5 Å². The summed E-state index contributed by atoms with van der Waals surface area (Å²) in [4.78, 5) is 16.3. The molecule has 0 amide bonds. The molecule has 0 saturated carbocycles. The number of aromatic nitrogens is 1. The fourth-order valence-corrected chi connectivity index (χ4v) is 2.83. The van der Waals surface area contributed by atoms with E-state index >= 15 is 0 Å². The van der Waals surface area contributed by atoms with Gasteiger partial charge in [0.25, 0.3) is 0 Å². The summed E-state index contributed by atoms with van der Waals surface area (Å²) in [6.07, 6.45) is 1.55. The van der Waals surface area contributed by atoms with Gasteiger partial charge in [0, 0.05) is 30.7 Å². The number of nitriles is 1. The zero-order chi connectivity index (χ0) is 16.9. The van der Waals surface area contributed by atoms with Crippen molar-refractivity contribution < 1.29 is 9.53 Å². The number of carbonyl (C=O) groups excluding carboxylic acids is 1. The first-order chi connectivity index (χ1) is 11.7. The van der Waals surface area contributed by atoms with Crippen LogP contribution in [0.1, 0.15) is 33.3 Å². The Hall–Kier alpha value is -1.97. The highest BCUT2D eigenvalue weighted by molar-refractivity contribution is 6.31. The van der Waals surface area contributed by atoms with E-state index < -0.39 is 0 Å². The number of hydrogen-bond donors (Lipinski definition) is 1. The number of ether oxygens (including phenoxy) is 1. The number of nitrogens with zero attached hydrogens (tertiary/aromatic N) is 2. The molecule has 1 aliphatic heterocycles. The SMILES string of the molecule is Cl.N#Cc1ccc(C(=O)Cc2ccc([C@@H]3CNCCO3)cc2Cl)nc1. The maximum absolute atomic E-state index is 12.3. The van der Waals surface area contributed by atoms with Crippen LogP contribution in [0.5, 0.6) is 0 Å². The Bertz CT molecular complexity index is 782. The van der Waals surface area contributed by atoms with Crippen LogP contribution in [0, 0.1) is 11.3 Å². The largest absolute Gasteiger partial charge is 0.371 e. The highest BCUT2D eigenvalue weighted by Crippen LogP contribution is 2.25. The van der Waals surface area contributed by atoms with Gasteiger partial charge in [0.15, 0.2) is 5.78 Å². The third kappa shape index (κ3) is 4.77. The van der Waals surface area contributed by atoms with Crippen molar-refractivity contribution in [2.75, 3.05) is 19.7 Å². The number of morpholine rings is 1. The third-order valence-electron chi connectivity index (χ3n) is 3.91. The molecule has 1 aliphatic rings. The molecule has 0 bridgehead atoms. The van der Waals surface area contributed by atoms with Crippen LogP contribution in [-0.4, -0.2) is 30.5 Å². The molecule has 0 unspecified atom stereocenters. The maximum atomic E-state index is 12.3. The number of nitrogens with one attached hydrogen (secondary N) is 1. The average molecular weight is 378 g/mol. The molecule has 1 aromatic heterocycles. The molecule has 1 N–H and O–H groups in total. The fourth-order valence-electron chi connectivity index (χ4n) is 2.58. The fraction of sp³-hybridized carbons (Fsp3) is 0.278. The van der Waals surface area contributed by atoms with Crippen molar-refractivity contribution in [3.8, 4) is 6.07 Å². The summed E-state index contributed by atoms with van der Waals surface area (Å²) in [6, 6.07) is 10.8. The highest BCUT2D eigenvalue weighted by Gasteiger charge is 2.18. The van der Waals surface area contributed by atoms with Crippen LogP contribution < -0.4 is 5.32 Å². The lowest BCUT2D eigenvalue weighted by molar-refractivity contribution is 0.0277. The normalized spacial score (nSPS) is 16.6. The smallest absolute Gasteiger partial charge is 0.185 e. The summed E-state index contributed by atoms with van der Waals surface area (Å²) in [5.41, 5.74) is 2.50. The molecule has 1 atom stereocenters. The molecule has 1 saturated heterocycles. The first-order valence-corrected chi connectivity index (χ1v) is 8.05. The molecule has 1 fully saturated rings. The predicted octanol–water partition coefficient (Wildman–Crippen LogP) is 3.11. The van der Waals surface area contributed by atoms with E-state index in [2.05, 4.69) is 10.3 Å². The van der Waals surface area contributed by atoms with Crippen molar-refractivity contribution in [2.24, 2.45) is 0 Å². The van der Waals surface area contributed by atoms with Crippen molar-refractivity contribution in [1.29, 1.82) is 5.26 Å². The lowest BCUT2D eigenvalue weighted by Crippen LogP contribution is -2.33. The summed E-state index contributed by atoms with van der Waals surface area (Å²) >= 11 is 6.34. The minimum atomic E-state index is -0.135. The monoisotopic (exact) mass is 377 g/mol. The molecule has 0 radical (unpaired) electrons. The molecular formula is C18H17Cl2N3O2. The molecule has 2 heterocycles. The number of Topliss-reactive ketones (excluding diaryl/α,β-unsaturated/α-hetero) is 1. The van der Waals surface area contributed by atoms with Gasteiger partial charge in [-0.2, -0.15) is 5.26 Å². The molecule has 5 nitrogen and oxygen atoms in total. The molecule has 130 valence electrons. The minimum absolute atomic E-state index is 0. The molecule has 0 aliphatic carbocycles. The van der Waals surface area contributed by atoms with E-state index in [1.807, 2.05) is 24.3 Å². The number of hydrogen-bond acceptors (Lipinski definition) is 5. The van der Waals surface area contributed by atoms with Gasteiger partial charge >= 0.3 is 0 Å². The van der Waals surface area contributed by atoms with E-state index in [0.29, 0.717) is 22.9 Å². The first-order valence-electron chi connectivity index (χ1n) is 7.67. The van der Waals surface area contributed by atoms with Crippen LogP contribution in [0.25, 0.3) is 0 Å². The number of benzene rings is 1. The summed E-state index contributed by atoms with van der Waals surface area (Å²) in [7, 11) is 0. The van der Waals surface area contributed by atoms with Crippen LogP contribution in [0.3, 0.4) is 0 Å². The highest BCUT2D eigenvalue weighted by atomic mass is 35.5. The van der Waals surface area contributed by atoms with Crippen LogP contribution >= 0.6 is 24.0 Å². The maximum Gasteiger partial charge on any atom is 0.185 e. The Morgan fingerprint density at radius 1 is 1.40 bits per heavy atom. The van der Waals surface area contributed by atoms with Crippen molar-refractivity contribution in [3.63, 3.8) is 0 Å². The van der Waals surface area contributed by atoms with Crippen LogP contribution in [-0.2, 0) is 11.2 Å². The zero-order valence-electron chi connectivity index (χ0n) is 13.4. The van der Waals surface area contributed by atoms with Gasteiger partial charge in [-0.05, 0) is 29.3 Å². The molecule has 1 aromatic carbocycles. The van der Waals surface area contributed by atoms with Crippen LogP contribution in [0.15, 0.2) is 36.5 Å². The van der Waals surface area contributed by atoms with Gasteiger partial charge in [-0.3, -0.25) is 9.78 Å². The standard InChI is InChI=1S/C18H16ClN3O2.ClH/c19-15-7-14(18-11-21-5-6-24-18)3-2-13(15)8-17(23)16-4-1-12(9-20)10-22-16;/h1-4,7,10,18,21H,5-6,8,11H2;1H/t18-;/m0./s1. The summed E-state index contributed by atoms with van der Waals surface area (Å²) in [5.74, 6) is -0.135. The minimum Gasteiger partial charge on any atom is -0.371 e. The third-order valence-corrected chi connectivity index (χ3v) is 4.26. The summed E-state index contributed by atoms with van der Waals surface area (Å²) < 4.78 is 5.71. The Morgan fingerprint density at radius 2 is 2.24 bits per heavy atom. The van der Waals surface area contributed by atoms with E-state index in [0.717, 1.165) is 24.2 Å². The molecule has 0 spiro atoms. The van der Waals surface area contributed by atoms with Crippen molar-refractivity contribution in [3.05, 3.63) is 63.9 Å². The average Bonchev–Trinajstić information content (AvgIpc) is 2.64. The summed E-state index contributed by atoms with van der Waals surface area (Å²) in [6.45, 7) is 2.28. The second-order valence-electron chi connectivity index (χ2n) is 5.56. The van der Waals surface area contributed by atoms with Gasteiger partial charge in [0.05, 0.1) is 18.3 Å². The quantitative estimate of drug-likeness (QED) is 0.828. The second-order valence-corrected chi connectivity index (χ2v) is 5.97. The Morgan fingerprint density at radius 3 is 2.84 bits per heavy atom. The Balaban J connectivity index is 0.00000225. The van der Waals surface area contributed by atoms with Gasteiger partial charge in [-0.15, -0.1) is 12.4 Å². The number of halogens is 2. The molecule has 3 rings (SSSR count). The molecule has 7 heteroatoms. The summed E-state index contributed by atoms with van der Waals surface area (Å²) in [5, 5.41) is 12.6. The van der Waals surface area contributed by atoms with Gasteiger partial charge in [-0.1, -0.05) is 23.7 Å². The predicted molar refractivity (Wildman–Crippen MR) is 97.2 cm³/mol. The topological polar surface area (TPSA) is 75.0 Å². The van der Waals surface area contributed by atoms with E-state index in [4.69, 9.17) is 21.6 Å². The van der Waals surface area contributed by atoms with E-state index in [1.54, 1.807) is 12.1 Å². The van der Waals surface area contributed by atoms with E-state index in [1.165, 1.54) is 6.20 Å². The Labute approximate surface area is 157 Å². The molecule has 25 heavy (non-hydrogen) atoms. The lowest BCUT2D eigenvalue weighted by atomic mass is 10.0. The number of rotatable bonds is 4.